The third kappa shape index (κ3) is 3.79. The fraction of sp³-hybridized carbons (Fsp3) is 0.417. The Morgan fingerprint density at radius 2 is 2.12 bits per heavy atom. The monoisotopic (exact) mass is 433 g/mol. The van der Waals surface area contributed by atoms with E-state index in [2.05, 4.69) is 26.3 Å². The van der Waals surface area contributed by atoms with Crippen molar-refractivity contribution in [1.29, 1.82) is 0 Å². The molecule has 32 heavy (non-hydrogen) atoms. The van der Waals surface area contributed by atoms with E-state index in [0.717, 1.165) is 43.3 Å². The van der Waals surface area contributed by atoms with Gasteiger partial charge in [0, 0.05) is 12.7 Å². The Bertz CT molecular complexity index is 1230. The largest absolute Gasteiger partial charge is 0.441 e. The van der Waals surface area contributed by atoms with Crippen LogP contribution in [0.2, 0.25) is 0 Å². The van der Waals surface area contributed by atoms with Crippen LogP contribution in [0.25, 0.3) is 15.9 Å². The van der Waals surface area contributed by atoms with E-state index < -0.39 is 5.60 Å². The number of hydrogen-bond acceptors (Lipinski definition) is 4. The molecule has 3 heterocycles. The fourth-order valence-corrected chi connectivity index (χ4v) is 5.35. The van der Waals surface area contributed by atoms with Crippen molar-refractivity contribution in [2.45, 2.75) is 51.3 Å². The van der Waals surface area contributed by atoms with Crippen LogP contribution < -0.4 is 0 Å². The van der Waals surface area contributed by atoms with Crippen molar-refractivity contribution in [3.05, 3.63) is 65.8 Å². The van der Waals surface area contributed by atoms with Gasteiger partial charge in [-0.1, -0.05) is 13.0 Å². The summed E-state index contributed by atoms with van der Waals surface area (Å²) in [5.41, 5.74) is 2.28. The van der Waals surface area contributed by atoms with Crippen molar-refractivity contribution < 1.29 is 13.9 Å². The zero-order valence-corrected chi connectivity index (χ0v) is 17.9. The molecular formula is C24H24FN5O2. The molecule has 0 bridgehead atoms. The number of amides is 1. The Kier molecular flexibility index (Phi) is 4.85. The fourth-order valence-electron chi connectivity index (χ4n) is 5.35. The second-order valence-electron chi connectivity index (χ2n) is 9.37. The Morgan fingerprint density at radius 1 is 1.25 bits per heavy atom. The molecule has 7 nitrogen and oxygen atoms in total. The van der Waals surface area contributed by atoms with Gasteiger partial charge in [0.25, 0.3) is 0 Å². The molecule has 1 amide bonds. The van der Waals surface area contributed by atoms with Crippen LogP contribution >= 0.6 is 0 Å². The first-order chi connectivity index (χ1) is 15.4. The number of hydrogen-bond donors (Lipinski definition) is 0. The van der Waals surface area contributed by atoms with Gasteiger partial charge in [0.15, 0.2) is 5.69 Å². The van der Waals surface area contributed by atoms with Crippen LogP contribution in [0.3, 0.4) is 0 Å². The number of ether oxygens (including phenoxy) is 1. The average molecular weight is 433 g/mol. The highest BCUT2D eigenvalue weighted by molar-refractivity contribution is 5.79. The van der Waals surface area contributed by atoms with E-state index in [0.29, 0.717) is 17.9 Å². The van der Waals surface area contributed by atoms with Crippen molar-refractivity contribution in [3.8, 4) is 0 Å². The molecule has 1 aliphatic carbocycles. The Morgan fingerprint density at radius 3 is 2.94 bits per heavy atom. The van der Waals surface area contributed by atoms with Gasteiger partial charge in [-0.15, -0.1) is 0 Å². The standard InChI is InChI=1S/C24H24FN5O2/c1-23(14-30-16-28-20-5-4-18(26-2)11-21(20)30)7-3-8-24(13-23)15-29(22(31)32-24)12-19-10-17(25)6-9-27-19/h4-6,9-11,16H,3,7-8,12-15H2,1H3/t23-,24+/m0/s1. The molecule has 2 aliphatic rings. The molecule has 3 aromatic rings. The Labute approximate surface area is 185 Å². The zero-order valence-electron chi connectivity index (χ0n) is 17.9. The highest BCUT2D eigenvalue weighted by atomic mass is 19.1. The number of imidazole rings is 1. The maximum Gasteiger partial charge on any atom is 0.410 e. The van der Waals surface area contributed by atoms with Crippen LogP contribution in [-0.2, 0) is 17.8 Å². The molecule has 164 valence electrons. The molecule has 1 saturated carbocycles. The molecule has 2 fully saturated rings. The number of nitrogens with zero attached hydrogens (tertiary/aromatic N) is 5. The van der Waals surface area contributed by atoms with Gasteiger partial charge in [-0.05, 0) is 55.4 Å². The molecule has 5 rings (SSSR count). The van der Waals surface area contributed by atoms with E-state index in [9.17, 15) is 9.18 Å². The molecule has 2 aromatic heterocycles. The van der Waals surface area contributed by atoms with E-state index in [-0.39, 0.29) is 23.9 Å². The molecule has 0 radical (unpaired) electrons. The second-order valence-corrected chi connectivity index (χ2v) is 9.37. The molecule has 0 unspecified atom stereocenters. The molecule has 1 aliphatic heterocycles. The molecule has 1 aromatic carbocycles. The maximum absolute atomic E-state index is 13.5. The summed E-state index contributed by atoms with van der Waals surface area (Å²) in [7, 11) is 0. The van der Waals surface area contributed by atoms with Gasteiger partial charge in [-0.25, -0.2) is 19.0 Å². The molecular weight excluding hydrogens is 409 g/mol. The highest BCUT2D eigenvalue weighted by Gasteiger charge is 2.51. The molecule has 1 spiro atoms. The lowest BCUT2D eigenvalue weighted by atomic mass is 9.68. The van der Waals surface area contributed by atoms with E-state index in [4.69, 9.17) is 11.3 Å². The van der Waals surface area contributed by atoms with Crippen molar-refractivity contribution >= 4 is 22.8 Å². The van der Waals surface area contributed by atoms with Gasteiger partial charge in [0.1, 0.15) is 11.4 Å². The third-order valence-electron chi connectivity index (χ3n) is 6.62. The Balaban J connectivity index is 1.35. The number of fused-ring (bicyclic) bond motifs is 1. The molecule has 0 N–H and O–H groups in total. The summed E-state index contributed by atoms with van der Waals surface area (Å²) in [6.07, 6.45) is 6.39. The molecule has 1 saturated heterocycles. The topological polar surface area (TPSA) is 64.6 Å². The smallest absolute Gasteiger partial charge is 0.410 e. The van der Waals surface area contributed by atoms with Gasteiger partial charge in [0.2, 0.25) is 0 Å². The summed E-state index contributed by atoms with van der Waals surface area (Å²) in [6.45, 7) is 11.0. The van der Waals surface area contributed by atoms with E-state index in [1.807, 2.05) is 18.5 Å². The van der Waals surface area contributed by atoms with Crippen LogP contribution in [0.4, 0.5) is 14.9 Å². The maximum atomic E-state index is 13.5. The number of carbonyl (C=O) groups is 1. The number of halogens is 1. The first-order valence-corrected chi connectivity index (χ1v) is 10.8. The zero-order chi connectivity index (χ0) is 22.3. The summed E-state index contributed by atoms with van der Waals surface area (Å²) in [6, 6.07) is 8.18. The summed E-state index contributed by atoms with van der Waals surface area (Å²) in [5.74, 6) is -0.364. The van der Waals surface area contributed by atoms with Crippen molar-refractivity contribution in [2.75, 3.05) is 6.54 Å². The van der Waals surface area contributed by atoms with Crippen LogP contribution in [0, 0.1) is 17.8 Å². The quantitative estimate of drug-likeness (QED) is 0.538. The molecule has 2 atom stereocenters. The first-order valence-electron chi connectivity index (χ1n) is 10.8. The minimum Gasteiger partial charge on any atom is -0.441 e. The summed E-state index contributed by atoms with van der Waals surface area (Å²) < 4.78 is 21.6. The van der Waals surface area contributed by atoms with Crippen molar-refractivity contribution in [2.24, 2.45) is 5.41 Å². The number of carbonyl (C=O) groups excluding carboxylic acids is 1. The third-order valence-corrected chi connectivity index (χ3v) is 6.62. The normalized spacial score (nSPS) is 25.3. The second kappa shape index (κ2) is 7.59. The first kappa shape index (κ1) is 20.4. The number of benzene rings is 1. The van der Waals surface area contributed by atoms with Gasteiger partial charge >= 0.3 is 6.09 Å². The van der Waals surface area contributed by atoms with Crippen molar-refractivity contribution in [1.82, 2.24) is 19.4 Å². The SMILES string of the molecule is [C-]#[N+]c1ccc2ncn(C[C@@]3(C)CCC[C@]4(CN(Cc5cc(F)ccn5)C(=O)O4)C3)c2c1. The van der Waals surface area contributed by atoms with Crippen LogP contribution in [0.15, 0.2) is 42.9 Å². The minimum absolute atomic E-state index is 0.0899. The van der Waals surface area contributed by atoms with Gasteiger partial charge in [0.05, 0.1) is 42.7 Å². The number of rotatable bonds is 4. The van der Waals surface area contributed by atoms with Crippen LogP contribution in [0.5, 0.6) is 0 Å². The van der Waals surface area contributed by atoms with E-state index in [1.165, 1.54) is 18.3 Å². The lowest BCUT2D eigenvalue weighted by molar-refractivity contribution is -0.0270. The number of pyridine rings is 1. The van der Waals surface area contributed by atoms with E-state index in [1.54, 1.807) is 11.0 Å². The van der Waals surface area contributed by atoms with Gasteiger partial charge in [-0.3, -0.25) is 9.88 Å². The predicted octanol–water partition coefficient (Wildman–Crippen LogP) is 5.09. The lowest BCUT2D eigenvalue weighted by Gasteiger charge is -2.43. The Hall–Kier alpha value is -3.47. The van der Waals surface area contributed by atoms with Crippen molar-refractivity contribution in [3.63, 3.8) is 0 Å². The summed E-state index contributed by atoms with van der Waals surface area (Å²) in [5, 5.41) is 0. The minimum atomic E-state index is -0.546. The summed E-state index contributed by atoms with van der Waals surface area (Å²) in [4.78, 5) is 26.5. The summed E-state index contributed by atoms with van der Waals surface area (Å²) >= 11 is 0. The highest BCUT2D eigenvalue weighted by Crippen LogP contribution is 2.47. The predicted molar refractivity (Wildman–Crippen MR) is 116 cm³/mol. The average Bonchev–Trinajstić information content (AvgIpc) is 3.27. The lowest BCUT2D eigenvalue weighted by Crippen LogP contribution is -2.44. The van der Waals surface area contributed by atoms with Gasteiger partial charge in [-0.2, -0.15) is 0 Å². The van der Waals surface area contributed by atoms with Crippen LogP contribution in [-0.4, -0.2) is 37.7 Å². The van der Waals surface area contributed by atoms with Gasteiger partial charge < -0.3 is 9.30 Å². The molecule has 8 heteroatoms. The van der Waals surface area contributed by atoms with Crippen LogP contribution in [0.1, 0.15) is 38.3 Å². The number of aromatic nitrogens is 3. The van der Waals surface area contributed by atoms with E-state index >= 15 is 0 Å².